The quantitative estimate of drug-likeness (QED) is 0.816. The van der Waals surface area contributed by atoms with Gasteiger partial charge in [0.2, 0.25) is 0 Å². The predicted octanol–water partition coefficient (Wildman–Crippen LogP) is 2.37. The fourth-order valence-corrected chi connectivity index (χ4v) is 2.38. The van der Waals surface area contributed by atoms with Crippen LogP contribution in [0.15, 0.2) is 6.20 Å². The first-order chi connectivity index (χ1) is 5.36. The number of halogens is 2. The highest BCUT2D eigenvalue weighted by Gasteiger charge is 2.17. The van der Waals surface area contributed by atoms with Crippen LogP contribution in [0, 0.1) is 6.92 Å². The number of nitrogens with one attached hydrogen (secondary N) is 1. The van der Waals surface area contributed by atoms with Gasteiger partial charge in [0, 0.05) is 23.5 Å². The van der Waals surface area contributed by atoms with Crippen molar-refractivity contribution in [2.45, 2.75) is 19.3 Å². The van der Waals surface area contributed by atoms with Crippen LogP contribution in [0.2, 0.25) is 0 Å². The van der Waals surface area contributed by atoms with Gasteiger partial charge in [-0.1, -0.05) is 0 Å². The monoisotopic (exact) mass is 240 g/mol. The molecule has 1 atom stereocenters. The summed E-state index contributed by atoms with van der Waals surface area (Å²) in [7, 11) is 0. The first-order valence-corrected chi connectivity index (χ1v) is 4.81. The Labute approximate surface area is 95.0 Å². The van der Waals surface area contributed by atoms with E-state index < -0.39 is 0 Å². The first kappa shape index (κ1) is 13.2. The van der Waals surface area contributed by atoms with Gasteiger partial charge in [-0.05, 0) is 19.9 Å². The number of thiazole rings is 1. The smallest absolute Gasteiger partial charge is 0.0896 e. The van der Waals surface area contributed by atoms with Crippen molar-refractivity contribution in [3.05, 3.63) is 16.1 Å². The van der Waals surface area contributed by atoms with E-state index in [2.05, 4.69) is 17.2 Å². The lowest BCUT2D eigenvalue weighted by Crippen LogP contribution is -2.07. The van der Waals surface area contributed by atoms with Gasteiger partial charge >= 0.3 is 0 Å². The molecule has 2 rings (SSSR count). The summed E-state index contributed by atoms with van der Waals surface area (Å²) < 4.78 is 0. The Morgan fingerprint density at radius 3 is 2.77 bits per heavy atom. The third-order valence-electron chi connectivity index (χ3n) is 2.10. The Morgan fingerprint density at radius 2 is 2.31 bits per heavy atom. The summed E-state index contributed by atoms with van der Waals surface area (Å²) in [6, 6.07) is 0. The van der Waals surface area contributed by atoms with E-state index in [0.29, 0.717) is 0 Å². The molecular formula is C8H14Cl2N2S. The highest BCUT2D eigenvalue weighted by molar-refractivity contribution is 7.11. The standard InChI is InChI=1S/C8H12N2S.2ClH/c1-6-10-5-8(11-6)7-2-3-9-4-7;;/h5,7,9H,2-4H2,1H3;2*1H. The van der Waals surface area contributed by atoms with Crippen LogP contribution in [-0.2, 0) is 0 Å². The minimum absolute atomic E-state index is 0. The van der Waals surface area contributed by atoms with Gasteiger partial charge in [0.05, 0.1) is 5.01 Å². The Kier molecular flexibility index (Phi) is 5.88. The van der Waals surface area contributed by atoms with E-state index in [1.54, 1.807) is 0 Å². The molecule has 1 aromatic rings. The van der Waals surface area contributed by atoms with Gasteiger partial charge in [-0.3, -0.25) is 0 Å². The summed E-state index contributed by atoms with van der Waals surface area (Å²) in [5.41, 5.74) is 0. The molecular weight excluding hydrogens is 227 g/mol. The highest BCUT2D eigenvalue weighted by Crippen LogP contribution is 2.26. The van der Waals surface area contributed by atoms with E-state index in [-0.39, 0.29) is 24.8 Å². The molecule has 1 aromatic heterocycles. The molecule has 5 heteroatoms. The number of aromatic nitrogens is 1. The minimum atomic E-state index is 0. The van der Waals surface area contributed by atoms with Gasteiger partial charge in [-0.15, -0.1) is 36.2 Å². The molecule has 2 heterocycles. The zero-order valence-corrected chi connectivity index (χ0v) is 9.90. The molecule has 0 aromatic carbocycles. The van der Waals surface area contributed by atoms with Crippen LogP contribution in [0.1, 0.15) is 22.2 Å². The van der Waals surface area contributed by atoms with Crippen LogP contribution >= 0.6 is 36.2 Å². The molecule has 0 spiro atoms. The van der Waals surface area contributed by atoms with Crippen molar-refractivity contribution < 1.29 is 0 Å². The first-order valence-electron chi connectivity index (χ1n) is 3.99. The summed E-state index contributed by atoms with van der Waals surface area (Å²) in [5.74, 6) is 0.737. The molecule has 1 N–H and O–H groups in total. The Morgan fingerprint density at radius 1 is 1.54 bits per heavy atom. The molecule has 0 amide bonds. The second-order valence-corrected chi connectivity index (χ2v) is 4.24. The predicted molar refractivity (Wildman–Crippen MR) is 61.6 cm³/mol. The van der Waals surface area contributed by atoms with Crippen molar-refractivity contribution in [1.29, 1.82) is 0 Å². The number of nitrogens with zero attached hydrogens (tertiary/aromatic N) is 1. The highest BCUT2D eigenvalue weighted by atomic mass is 35.5. The lowest BCUT2D eigenvalue weighted by Gasteiger charge is -2.01. The largest absolute Gasteiger partial charge is 0.316 e. The Balaban J connectivity index is 0.000000720. The lowest BCUT2D eigenvalue weighted by atomic mass is 10.1. The van der Waals surface area contributed by atoms with Gasteiger partial charge in [0.1, 0.15) is 0 Å². The maximum Gasteiger partial charge on any atom is 0.0896 e. The van der Waals surface area contributed by atoms with E-state index in [1.165, 1.54) is 22.9 Å². The lowest BCUT2D eigenvalue weighted by molar-refractivity contribution is 0.776. The van der Waals surface area contributed by atoms with Gasteiger partial charge in [-0.2, -0.15) is 0 Å². The zero-order valence-electron chi connectivity index (χ0n) is 7.45. The molecule has 1 aliphatic rings. The summed E-state index contributed by atoms with van der Waals surface area (Å²) in [5, 5.41) is 4.55. The SMILES string of the molecule is Cc1ncc(C2CCNC2)s1.Cl.Cl. The van der Waals surface area contributed by atoms with Crippen LogP contribution in [0.4, 0.5) is 0 Å². The van der Waals surface area contributed by atoms with Crippen LogP contribution < -0.4 is 5.32 Å². The van der Waals surface area contributed by atoms with Crippen molar-refractivity contribution in [2.75, 3.05) is 13.1 Å². The number of hydrogen-bond acceptors (Lipinski definition) is 3. The molecule has 1 unspecified atom stereocenters. The summed E-state index contributed by atoms with van der Waals surface area (Å²) >= 11 is 1.83. The van der Waals surface area contributed by atoms with Gasteiger partial charge in [0.25, 0.3) is 0 Å². The molecule has 1 saturated heterocycles. The van der Waals surface area contributed by atoms with Crippen molar-refractivity contribution in [2.24, 2.45) is 0 Å². The fourth-order valence-electron chi connectivity index (χ4n) is 1.46. The third kappa shape index (κ3) is 3.09. The second kappa shape index (κ2) is 5.81. The normalized spacial score (nSPS) is 20.5. The molecule has 0 aliphatic carbocycles. The molecule has 2 nitrogen and oxygen atoms in total. The van der Waals surface area contributed by atoms with Crippen LogP contribution in [0.25, 0.3) is 0 Å². The Bertz CT molecular complexity index is 246. The molecule has 76 valence electrons. The van der Waals surface area contributed by atoms with E-state index >= 15 is 0 Å². The van der Waals surface area contributed by atoms with Crippen LogP contribution in [0.5, 0.6) is 0 Å². The van der Waals surface area contributed by atoms with Crippen molar-refractivity contribution in [3.8, 4) is 0 Å². The van der Waals surface area contributed by atoms with Crippen LogP contribution in [-0.4, -0.2) is 18.1 Å². The molecule has 0 radical (unpaired) electrons. The number of rotatable bonds is 1. The minimum Gasteiger partial charge on any atom is -0.316 e. The van der Waals surface area contributed by atoms with Crippen molar-refractivity contribution >= 4 is 36.2 Å². The molecule has 0 bridgehead atoms. The average molecular weight is 241 g/mol. The second-order valence-electron chi connectivity index (χ2n) is 2.97. The van der Waals surface area contributed by atoms with E-state index in [0.717, 1.165) is 12.5 Å². The van der Waals surface area contributed by atoms with Gasteiger partial charge in [0.15, 0.2) is 0 Å². The molecule has 1 aliphatic heterocycles. The number of aryl methyl sites for hydroxylation is 1. The summed E-state index contributed by atoms with van der Waals surface area (Å²) in [6.07, 6.45) is 3.30. The number of hydrogen-bond donors (Lipinski definition) is 1. The average Bonchev–Trinajstić information content (AvgIpc) is 2.55. The van der Waals surface area contributed by atoms with Gasteiger partial charge in [-0.25, -0.2) is 4.98 Å². The summed E-state index contributed by atoms with van der Waals surface area (Å²) in [4.78, 5) is 5.70. The fraction of sp³-hybridized carbons (Fsp3) is 0.625. The van der Waals surface area contributed by atoms with Gasteiger partial charge < -0.3 is 5.32 Å². The van der Waals surface area contributed by atoms with E-state index in [1.807, 2.05) is 17.5 Å². The van der Waals surface area contributed by atoms with Crippen molar-refractivity contribution in [1.82, 2.24) is 10.3 Å². The van der Waals surface area contributed by atoms with Crippen molar-refractivity contribution in [3.63, 3.8) is 0 Å². The molecule has 0 saturated carbocycles. The maximum atomic E-state index is 4.25. The topological polar surface area (TPSA) is 24.9 Å². The van der Waals surface area contributed by atoms with Crippen LogP contribution in [0.3, 0.4) is 0 Å². The zero-order chi connectivity index (χ0) is 7.68. The molecule has 13 heavy (non-hydrogen) atoms. The molecule has 1 fully saturated rings. The van der Waals surface area contributed by atoms with E-state index in [4.69, 9.17) is 0 Å². The Hall–Kier alpha value is 0.170. The van der Waals surface area contributed by atoms with E-state index in [9.17, 15) is 0 Å². The summed E-state index contributed by atoms with van der Waals surface area (Å²) in [6.45, 7) is 4.37. The third-order valence-corrected chi connectivity index (χ3v) is 3.18. The maximum absolute atomic E-state index is 4.25.